The lowest BCUT2D eigenvalue weighted by Gasteiger charge is -2.38. The van der Waals surface area contributed by atoms with E-state index >= 15 is 0 Å². The molecular formula is C22H33N3O2. The minimum absolute atomic E-state index is 0.239. The normalized spacial score (nSPS) is 26.7. The summed E-state index contributed by atoms with van der Waals surface area (Å²) in [6.45, 7) is 6.58. The van der Waals surface area contributed by atoms with Crippen molar-refractivity contribution >= 4 is 5.91 Å². The summed E-state index contributed by atoms with van der Waals surface area (Å²) in [5.74, 6) is 0.254. The van der Waals surface area contributed by atoms with Crippen molar-refractivity contribution < 1.29 is 9.53 Å². The average molecular weight is 372 g/mol. The first kappa shape index (κ1) is 18.9. The summed E-state index contributed by atoms with van der Waals surface area (Å²) in [6.07, 6.45) is 6.22. The van der Waals surface area contributed by atoms with E-state index in [4.69, 9.17) is 4.74 Å². The van der Waals surface area contributed by atoms with Gasteiger partial charge in [-0.05, 0) is 43.2 Å². The van der Waals surface area contributed by atoms with Crippen LogP contribution in [0.4, 0.5) is 0 Å². The smallest absolute Gasteiger partial charge is 0.237 e. The van der Waals surface area contributed by atoms with Gasteiger partial charge in [0.2, 0.25) is 5.91 Å². The second-order valence-corrected chi connectivity index (χ2v) is 8.32. The van der Waals surface area contributed by atoms with Crippen LogP contribution in [0.25, 0.3) is 0 Å². The second kappa shape index (κ2) is 8.72. The molecule has 2 heterocycles. The standard InChI is InChI=1S/C22H33N3O2/c1-23(21-10-4-7-18-6-2-3-9-20(18)21)22(26)17-25-13-11-24(12-14-25)16-19-8-5-15-27-19/h2-3,6,9,19,21H,4-5,7-8,10-17H2,1H3. The van der Waals surface area contributed by atoms with Gasteiger partial charge in [0, 0.05) is 46.4 Å². The lowest BCUT2D eigenvalue weighted by atomic mass is 9.87. The highest BCUT2D eigenvalue weighted by atomic mass is 16.5. The van der Waals surface area contributed by atoms with E-state index < -0.39 is 0 Å². The van der Waals surface area contributed by atoms with Crippen molar-refractivity contribution in [1.82, 2.24) is 14.7 Å². The van der Waals surface area contributed by atoms with Crippen molar-refractivity contribution in [3.63, 3.8) is 0 Å². The van der Waals surface area contributed by atoms with Gasteiger partial charge in [-0.1, -0.05) is 24.3 Å². The summed E-state index contributed by atoms with van der Waals surface area (Å²) in [7, 11) is 1.99. The molecule has 1 aliphatic carbocycles. The van der Waals surface area contributed by atoms with Crippen molar-refractivity contribution in [1.29, 1.82) is 0 Å². The highest BCUT2D eigenvalue weighted by molar-refractivity contribution is 5.78. The van der Waals surface area contributed by atoms with Crippen LogP contribution in [0.3, 0.4) is 0 Å². The molecule has 0 bridgehead atoms. The number of hydrogen-bond acceptors (Lipinski definition) is 4. The van der Waals surface area contributed by atoms with Crippen LogP contribution in [0.1, 0.15) is 42.9 Å². The van der Waals surface area contributed by atoms with Crippen molar-refractivity contribution in [2.45, 2.75) is 44.2 Å². The number of carbonyl (C=O) groups is 1. The van der Waals surface area contributed by atoms with Crippen LogP contribution in [0.5, 0.6) is 0 Å². The summed E-state index contributed by atoms with van der Waals surface area (Å²) in [4.78, 5) is 19.7. The minimum atomic E-state index is 0.239. The molecule has 0 spiro atoms. The van der Waals surface area contributed by atoms with Gasteiger partial charge in [-0.2, -0.15) is 0 Å². The van der Waals surface area contributed by atoms with E-state index in [1.54, 1.807) is 0 Å². The van der Waals surface area contributed by atoms with Crippen molar-refractivity contribution in [3.8, 4) is 0 Å². The van der Waals surface area contributed by atoms with E-state index in [2.05, 4.69) is 34.1 Å². The summed E-state index contributed by atoms with van der Waals surface area (Å²) in [5, 5.41) is 0. The molecule has 0 N–H and O–H groups in total. The Morgan fingerprint density at radius 1 is 1.11 bits per heavy atom. The number of amides is 1. The Labute approximate surface area is 163 Å². The molecule has 0 saturated carbocycles. The van der Waals surface area contributed by atoms with Gasteiger partial charge in [-0.25, -0.2) is 0 Å². The highest BCUT2D eigenvalue weighted by Crippen LogP contribution is 2.33. The largest absolute Gasteiger partial charge is 0.377 e. The number of piperazine rings is 1. The fourth-order valence-corrected chi connectivity index (χ4v) is 4.81. The lowest BCUT2D eigenvalue weighted by molar-refractivity contribution is -0.134. The third-order valence-electron chi connectivity index (χ3n) is 6.51. The molecule has 2 aliphatic heterocycles. The number of likely N-dealkylation sites (N-methyl/N-ethyl adjacent to an activating group) is 1. The van der Waals surface area contributed by atoms with Crippen LogP contribution in [0.15, 0.2) is 24.3 Å². The second-order valence-electron chi connectivity index (χ2n) is 8.32. The maximum absolute atomic E-state index is 12.9. The van der Waals surface area contributed by atoms with Crippen molar-refractivity contribution in [2.24, 2.45) is 0 Å². The SMILES string of the molecule is CN(C(=O)CN1CCN(CC2CCCO2)CC1)C1CCCc2ccccc21. The Kier molecular flexibility index (Phi) is 6.11. The third-order valence-corrected chi connectivity index (χ3v) is 6.51. The number of ether oxygens (including phenoxy) is 1. The molecule has 2 atom stereocenters. The highest BCUT2D eigenvalue weighted by Gasteiger charge is 2.28. The molecule has 1 aromatic rings. The van der Waals surface area contributed by atoms with Crippen LogP contribution in [-0.2, 0) is 16.0 Å². The summed E-state index contributed by atoms with van der Waals surface area (Å²) < 4.78 is 5.76. The molecule has 5 nitrogen and oxygen atoms in total. The molecule has 4 rings (SSSR count). The molecule has 148 valence electrons. The minimum Gasteiger partial charge on any atom is -0.377 e. The Balaban J connectivity index is 1.27. The quantitative estimate of drug-likeness (QED) is 0.796. The molecule has 1 amide bonds. The first-order chi connectivity index (χ1) is 13.2. The van der Waals surface area contributed by atoms with E-state index in [1.807, 2.05) is 11.9 Å². The lowest BCUT2D eigenvalue weighted by Crippen LogP contribution is -2.51. The first-order valence-corrected chi connectivity index (χ1v) is 10.6. The zero-order chi connectivity index (χ0) is 18.6. The van der Waals surface area contributed by atoms with Crippen LogP contribution < -0.4 is 0 Å². The van der Waals surface area contributed by atoms with Crippen LogP contribution in [0, 0.1) is 0 Å². The van der Waals surface area contributed by atoms with Gasteiger partial charge in [0.1, 0.15) is 0 Å². The average Bonchev–Trinajstić information content (AvgIpc) is 3.21. The number of nitrogens with zero attached hydrogens (tertiary/aromatic N) is 3. The monoisotopic (exact) mass is 371 g/mol. The molecule has 5 heteroatoms. The number of fused-ring (bicyclic) bond motifs is 1. The Hall–Kier alpha value is -1.43. The number of benzene rings is 1. The topological polar surface area (TPSA) is 36.0 Å². The van der Waals surface area contributed by atoms with Gasteiger partial charge in [-0.15, -0.1) is 0 Å². The van der Waals surface area contributed by atoms with Gasteiger partial charge in [0.05, 0.1) is 18.7 Å². The molecule has 3 aliphatic rings. The Morgan fingerprint density at radius 2 is 1.89 bits per heavy atom. The maximum atomic E-state index is 12.9. The molecule has 0 aromatic heterocycles. The molecule has 1 aromatic carbocycles. The van der Waals surface area contributed by atoms with Gasteiger partial charge >= 0.3 is 0 Å². The zero-order valence-electron chi connectivity index (χ0n) is 16.6. The number of hydrogen-bond donors (Lipinski definition) is 0. The van der Waals surface area contributed by atoms with Crippen LogP contribution >= 0.6 is 0 Å². The van der Waals surface area contributed by atoms with E-state index in [9.17, 15) is 4.79 Å². The number of aryl methyl sites for hydroxylation is 1. The number of rotatable bonds is 5. The Bertz CT molecular complexity index is 636. The zero-order valence-corrected chi connectivity index (χ0v) is 16.6. The van der Waals surface area contributed by atoms with Gasteiger partial charge < -0.3 is 9.64 Å². The summed E-state index contributed by atoms with van der Waals surface area (Å²) >= 11 is 0. The molecule has 2 saturated heterocycles. The van der Waals surface area contributed by atoms with Gasteiger partial charge in [0.15, 0.2) is 0 Å². The van der Waals surface area contributed by atoms with E-state index in [1.165, 1.54) is 30.4 Å². The predicted molar refractivity (Wildman–Crippen MR) is 107 cm³/mol. The van der Waals surface area contributed by atoms with E-state index in [0.717, 1.165) is 52.2 Å². The summed E-state index contributed by atoms with van der Waals surface area (Å²) in [6, 6.07) is 8.87. The molecular weight excluding hydrogens is 338 g/mol. The molecule has 27 heavy (non-hydrogen) atoms. The first-order valence-electron chi connectivity index (χ1n) is 10.6. The predicted octanol–water partition coefficient (Wildman–Crippen LogP) is 2.32. The van der Waals surface area contributed by atoms with E-state index in [0.29, 0.717) is 12.6 Å². The van der Waals surface area contributed by atoms with Crippen molar-refractivity contribution in [2.75, 3.05) is 52.9 Å². The van der Waals surface area contributed by atoms with Gasteiger partial charge in [-0.3, -0.25) is 14.6 Å². The van der Waals surface area contributed by atoms with E-state index in [-0.39, 0.29) is 11.9 Å². The fraction of sp³-hybridized carbons (Fsp3) is 0.682. The fourth-order valence-electron chi connectivity index (χ4n) is 4.81. The number of carbonyl (C=O) groups excluding carboxylic acids is 1. The molecule has 2 fully saturated rings. The molecule has 0 radical (unpaired) electrons. The van der Waals surface area contributed by atoms with Gasteiger partial charge in [0.25, 0.3) is 0 Å². The third kappa shape index (κ3) is 4.53. The van der Waals surface area contributed by atoms with Crippen LogP contribution in [-0.4, -0.2) is 79.6 Å². The van der Waals surface area contributed by atoms with Crippen LogP contribution in [0.2, 0.25) is 0 Å². The molecule has 2 unspecified atom stereocenters. The Morgan fingerprint density at radius 3 is 2.67 bits per heavy atom. The maximum Gasteiger partial charge on any atom is 0.237 e. The summed E-state index contributed by atoms with van der Waals surface area (Å²) in [5.41, 5.74) is 2.76. The van der Waals surface area contributed by atoms with Crippen molar-refractivity contribution in [3.05, 3.63) is 35.4 Å².